The van der Waals surface area contributed by atoms with Crippen LogP contribution < -0.4 is 27.8 Å². The number of phenolic OH excluding ortho intramolecular Hbond substituents is 2. The fourth-order valence-corrected chi connectivity index (χ4v) is 4.83. The number of hydrogen-bond donors (Lipinski definition) is 7. The topological polar surface area (TPSA) is 197 Å². The summed E-state index contributed by atoms with van der Waals surface area (Å²) in [7, 11) is 1.52. The summed E-state index contributed by atoms with van der Waals surface area (Å²) in [5.41, 5.74) is 19.9. The van der Waals surface area contributed by atoms with Crippen molar-refractivity contribution >= 4 is 17.7 Å². The van der Waals surface area contributed by atoms with Crippen LogP contribution in [0.1, 0.15) is 43.2 Å². The molecule has 0 unspecified atom stereocenters. The van der Waals surface area contributed by atoms with Gasteiger partial charge in [-0.05, 0) is 91.7 Å². The number of phenols is 2. The Morgan fingerprint density at radius 1 is 0.950 bits per heavy atom. The summed E-state index contributed by atoms with van der Waals surface area (Å²) in [5, 5.41) is 26.8. The number of benzene rings is 2. The summed E-state index contributed by atoms with van der Waals surface area (Å²) in [6, 6.07) is 7.11. The van der Waals surface area contributed by atoms with E-state index in [1.54, 1.807) is 30.3 Å². The van der Waals surface area contributed by atoms with Crippen LogP contribution in [-0.4, -0.2) is 77.6 Å². The molecule has 1 heterocycles. The van der Waals surface area contributed by atoms with Crippen LogP contribution >= 0.6 is 0 Å². The smallest absolute Gasteiger partial charge is 0.245 e. The third kappa shape index (κ3) is 7.93. The van der Waals surface area contributed by atoms with Crippen LogP contribution in [0.15, 0.2) is 36.4 Å². The second kappa shape index (κ2) is 14.6. The molecule has 2 aromatic rings. The normalized spacial score (nSPS) is 19.9. The van der Waals surface area contributed by atoms with Gasteiger partial charge in [-0.3, -0.25) is 14.4 Å². The Hall–Kier alpha value is -3.67. The van der Waals surface area contributed by atoms with Gasteiger partial charge in [0.15, 0.2) is 0 Å². The van der Waals surface area contributed by atoms with Crippen LogP contribution in [0.25, 0.3) is 11.1 Å². The number of fused-ring (bicyclic) bond motifs is 5. The van der Waals surface area contributed by atoms with Crippen LogP contribution in [0.4, 0.5) is 0 Å². The van der Waals surface area contributed by atoms with E-state index in [0.29, 0.717) is 56.4 Å². The molecule has 0 radical (unpaired) electrons. The summed E-state index contributed by atoms with van der Waals surface area (Å²) in [6.45, 7) is 1.33. The second-order valence-electron chi connectivity index (χ2n) is 10.3. The molecule has 2 aromatic carbocycles. The van der Waals surface area contributed by atoms with E-state index in [1.165, 1.54) is 18.0 Å². The van der Waals surface area contributed by atoms with Gasteiger partial charge in [0.2, 0.25) is 17.7 Å². The highest BCUT2D eigenvalue weighted by Gasteiger charge is 2.33. The molecule has 11 nitrogen and oxygen atoms in total. The molecule has 3 atom stereocenters. The van der Waals surface area contributed by atoms with Crippen molar-refractivity contribution in [2.24, 2.45) is 17.2 Å². The average Bonchev–Trinajstić information content (AvgIpc) is 2.94. The predicted molar refractivity (Wildman–Crippen MR) is 153 cm³/mol. The van der Waals surface area contributed by atoms with Gasteiger partial charge < -0.3 is 42.9 Å². The van der Waals surface area contributed by atoms with Crippen LogP contribution in [0.2, 0.25) is 0 Å². The standard InChI is InChI=1S/C29H42N6O5/c1-35-24(28(39)33-13-5-4-12-31)17-21-15-19(8-10-26(21)37)18-7-9-25(36)20(14-18)16-22(32)27(38)34-23(29(35)40)6-2-3-11-30/h7-10,14-15,22-24,36-37H,2-6,11-13,16-17,30-32H2,1H3,(H,33,39)(H,34,38)/t22-,23+,24+/m0/s1. The van der Waals surface area contributed by atoms with Crippen LogP contribution in [0.5, 0.6) is 11.5 Å². The third-order valence-corrected chi connectivity index (χ3v) is 7.29. The van der Waals surface area contributed by atoms with Gasteiger partial charge in [0.05, 0.1) is 6.04 Å². The number of nitrogens with two attached hydrogens (primary N) is 3. The van der Waals surface area contributed by atoms with Crippen molar-refractivity contribution in [1.82, 2.24) is 15.5 Å². The predicted octanol–water partition coefficient (Wildman–Crippen LogP) is 0.487. The maximum Gasteiger partial charge on any atom is 0.245 e. The molecule has 0 fully saturated rings. The van der Waals surface area contributed by atoms with Crippen molar-refractivity contribution in [2.75, 3.05) is 26.7 Å². The van der Waals surface area contributed by atoms with E-state index in [1.807, 2.05) is 0 Å². The lowest BCUT2D eigenvalue weighted by molar-refractivity contribution is -0.142. The Labute approximate surface area is 235 Å². The highest BCUT2D eigenvalue weighted by Crippen LogP contribution is 2.31. The minimum atomic E-state index is -1.03. The van der Waals surface area contributed by atoms with Gasteiger partial charge in [-0.2, -0.15) is 0 Å². The van der Waals surface area contributed by atoms with E-state index in [4.69, 9.17) is 17.2 Å². The number of nitrogens with zero attached hydrogens (tertiary/aromatic N) is 1. The number of hydrogen-bond acceptors (Lipinski definition) is 8. The molecule has 11 heteroatoms. The van der Waals surface area contributed by atoms with Crippen LogP contribution in [0, 0.1) is 0 Å². The number of carbonyl (C=O) groups excluding carboxylic acids is 3. The lowest BCUT2D eigenvalue weighted by atomic mass is 9.95. The zero-order valence-corrected chi connectivity index (χ0v) is 23.1. The SMILES string of the molecule is CN1C(=O)[C@@H](CCCCN)NC(=O)[C@@H](N)Cc2cc(ccc2O)-c2ccc(O)c(c2)C[C@@H]1C(=O)NCCCCN. The van der Waals surface area contributed by atoms with Crippen LogP contribution in [-0.2, 0) is 27.2 Å². The monoisotopic (exact) mass is 554 g/mol. The molecule has 4 bridgehead atoms. The lowest BCUT2D eigenvalue weighted by Gasteiger charge is -2.31. The molecule has 218 valence electrons. The molecule has 3 rings (SSSR count). The first-order chi connectivity index (χ1) is 19.2. The number of rotatable bonds is 9. The molecule has 0 spiro atoms. The number of carbonyl (C=O) groups is 3. The zero-order valence-electron chi connectivity index (χ0n) is 23.1. The highest BCUT2D eigenvalue weighted by molar-refractivity contribution is 5.93. The van der Waals surface area contributed by atoms with Crippen molar-refractivity contribution in [3.8, 4) is 22.6 Å². The van der Waals surface area contributed by atoms with Crippen molar-refractivity contribution in [2.45, 2.75) is 63.1 Å². The Morgan fingerprint density at radius 2 is 1.52 bits per heavy atom. The molecule has 40 heavy (non-hydrogen) atoms. The van der Waals surface area contributed by atoms with Crippen molar-refractivity contribution in [3.63, 3.8) is 0 Å². The number of unbranched alkanes of at least 4 members (excludes halogenated alkanes) is 2. The third-order valence-electron chi connectivity index (χ3n) is 7.29. The fourth-order valence-electron chi connectivity index (χ4n) is 4.83. The number of amides is 3. The lowest BCUT2D eigenvalue weighted by Crippen LogP contribution is -2.57. The second-order valence-corrected chi connectivity index (χ2v) is 10.3. The van der Waals surface area contributed by atoms with E-state index in [2.05, 4.69) is 10.6 Å². The summed E-state index contributed by atoms with van der Waals surface area (Å²) in [5.74, 6) is -1.38. The van der Waals surface area contributed by atoms with E-state index < -0.39 is 29.9 Å². The Balaban J connectivity index is 2.07. The molecule has 1 aliphatic rings. The van der Waals surface area contributed by atoms with Gasteiger partial charge in [0.25, 0.3) is 0 Å². The van der Waals surface area contributed by atoms with E-state index >= 15 is 0 Å². The molecule has 3 amide bonds. The molecular formula is C29H42N6O5. The van der Waals surface area contributed by atoms with Gasteiger partial charge in [-0.25, -0.2) is 0 Å². The molecule has 0 saturated carbocycles. The van der Waals surface area contributed by atoms with Crippen molar-refractivity contribution in [1.29, 1.82) is 0 Å². The summed E-state index contributed by atoms with van der Waals surface area (Å²) in [6.07, 6.45) is 3.06. The molecule has 0 aromatic heterocycles. The Morgan fingerprint density at radius 3 is 2.12 bits per heavy atom. The minimum Gasteiger partial charge on any atom is -0.508 e. The Kier molecular flexibility index (Phi) is 11.3. The van der Waals surface area contributed by atoms with E-state index in [9.17, 15) is 24.6 Å². The first-order valence-corrected chi connectivity index (χ1v) is 13.8. The van der Waals surface area contributed by atoms with Gasteiger partial charge in [0.1, 0.15) is 23.6 Å². The first-order valence-electron chi connectivity index (χ1n) is 13.8. The summed E-state index contributed by atoms with van der Waals surface area (Å²) < 4.78 is 0. The minimum absolute atomic E-state index is 0.00278. The summed E-state index contributed by atoms with van der Waals surface area (Å²) >= 11 is 0. The molecule has 1 aliphatic heterocycles. The van der Waals surface area contributed by atoms with Crippen LogP contribution in [0.3, 0.4) is 0 Å². The van der Waals surface area contributed by atoms with Crippen molar-refractivity contribution < 1.29 is 24.6 Å². The average molecular weight is 555 g/mol. The largest absolute Gasteiger partial charge is 0.508 e. The number of aromatic hydroxyl groups is 2. The number of likely N-dealkylation sites (N-methyl/N-ethyl adjacent to an activating group) is 1. The number of nitrogens with one attached hydrogen (secondary N) is 2. The van der Waals surface area contributed by atoms with E-state index in [0.717, 1.165) is 17.5 Å². The van der Waals surface area contributed by atoms with Gasteiger partial charge in [-0.15, -0.1) is 0 Å². The molecule has 0 saturated heterocycles. The van der Waals surface area contributed by atoms with Crippen molar-refractivity contribution in [3.05, 3.63) is 47.5 Å². The maximum atomic E-state index is 13.8. The highest BCUT2D eigenvalue weighted by atomic mass is 16.3. The van der Waals surface area contributed by atoms with Gasteiger partial charge in [0, 0.05) is 26.4 Å². The summed E-state index contributed by atoms with van der Waals surface area (Å²) in [4.78, 5) is 41.6. The molecular weight excluding hydrogens is 512 g/mol. The fraction of sp³-hybridized carbons (Fsp3) is 0.483. The quantitative estimate of drug-likeness (QED) is 0.217. The van der Waals surface area contributed by atoms with E-state index in [-0.39, 0.29) is 30.2 Å². The Bertz CT molecular complexity index is 1190. The molecule has 10 N–H and O–H groups in total. The zero-order chi connectivity index (χ0) is 29.2. The molecule has 0 aliphatic carbocycles. The van der Waals surface area contributed by atoms with Gasteiger partial charge in [-0.1, -0.05) is 12.1 Å². The van der Waals surface area contributed by atoms with Gasteiger partial charge >= 0.3 is 0 Å². The maximum absolute atomic E-state index is 13.8. The first kappa shape index (κ1) is 30.9.